The third-order valence-corrected chi connectivity index (χ3v) is 3.67. The number of halogens is 2. The van der Waals surface area contributed by atoms with Crippen LogP contribution in [0.5, 0.6) is 0 Å². The van der Waals surface area contributed by atoms with Crippen LogP contribution in [0.25, 0.3) is 0 Å². The van der Waals surface area contributed by atoms with Gasteiger partial charge in [0, 0.05) is 5.41 Å². The standard InChI is InChI=1S/C11H14ClFN4/c1-2-11(3-4-11)9-8(13)7(12)6(17-9)5-16-10(14)15/h5,17H,2-4H2,1H3,(H3,14,15)/b16-5-. The minimum atomic E-state index is -0.406. The summed E-state index contributed by atoms with van der Waals surface area (Å²) in [6, 6.07) is 0. The number of nitrogens with one attached hydrogen (secondary N) is 2. The molecule has 1 aromatic rings. The minimum Gasteiger partial charge on any atom is -0.368 e. The van der Waals surface area contributed by atoms with Crippen LogP contribution in [-0.4, -0.2) is 17.2 Å². The van der Waals surface area contributed by atoms with Gasteiger partial charge in [0.25, 0.3) is 0 Å². The van der Waals surface area contributed by atoms with Gasteiger partial charge in [0.1, 0.15) is 5.02 Å². The summed E-state index contributed by atoms with van der Waals surface area (Å²) >= 11 is 5.88. The molecular formula is C11H14ClFN4. The molecule has 1 saturated carbocycles. The highest BCUT2D eigenvalue weighted by atomic mass is 35.5. The molecule has 0 spiro atoms. The van der Waals surface area contributed by atoms with Crippen molar-refractivity contribution < 1.29 is 4.39 Å². The predicted octanol–water partition coefficient (Wildman–Crippen LogP) is 2.56. The normalized spacial score (nSPS) is 17.6. The maximum atomic E-state index is 14.0. The molecule has 1 heterocycles. The molecule has 4 nitrogen and oxygen atoms in total. The first-order valence-corrected chi connectivity index (χ1v) is 5.83. The van der Waals surface area contributed by atoms with Crippen molar-refractivity contribution in [2.45, 2.75) is 31.6 Å². The van der Waals surface area contributed by atoms with E-state index in [4.69, 9.17) is 22.7 Å². The van der Waals surface area contributed by atoms with Gasteiger partial charge in [-0.05, 0) is 19.3 Å². The lowest BCUT2D eigenvalue weighted by atomic mass is 9.99. The number of rotatable bonds is 3. The summed E-state index contributed by atoms with van der Waals surface area (Å²) < 4.78 is 14.0. The Kier molecular flexibility index (Phi) is 2.95. The van der Waals surface area contributed by atoms with Crippen LogP contribution in [0, 0.1) is 11.2 Å². The molecule has 0 amide bonds. The van der Waals surface area contributed by atoms with Gasteiger partial charge in [0.15, 0.2) is 5.82 Å². The number of aromatic nitrogens is 1. The van der Waals surface area contributed by atoms with E-state index in [-0.39, 0.29) is 16.4 Å². The van der Waals surface area contributed by atoms with Gasteiger partial charge in [-0.15, -0.1) is 0 Å². The van der Waals surface area contributed by atoms with E-state index in [1.807, 2.05) is 6.92 Å². The molecule has 6 heteroatoms. The molecule has 0 saturated heterocycles. The van der Waals surface area contributed by atoms with Crippen molar-refractivity contribution in [3.8, 4) is 0 Å². The number of H-pyrrole nitrogens is 1. The molecule has 1 aromatic heterocycles. The van der Waals surface area contributed by atoms with Crippen molar-refractivity contribution in [2.24, 2.45) is 10.7 Å². The van der Waals surface area contributed by atoms with Gasteiger partial charge < -0.3 is 10.7 Å². The fraction of sp³-hybridized carbons (Fsp3) is 0.455. The first-order valence-electron chi connectivity index (χ1n) is 5.45. The van der Waals surface area contributed by atoms with Crippen LogP contribution in [0.3, 0.4) is 0 Å². The quantitative estimate of drug-likeness (QED) is 0.564. The molecule has 1 aliphatic carbocycles. The molecule has 0 aliphatic heterocycles. The summed E-state index contributed by atoms with van der Waals surface area (Å²) in [5, 5.41) is 6.99. The monoisotopic (exact) mass is 256 g/mol. The average Bonchev–Trinajstić information content (AvgIpc) is 3.03. The number of hydrogen-bond acceptors (Lipinski definition) is 1. The Hall–Kier alpha value is -1.36. The van der Waals surface area contributed by atoms with Gasteiger partial charge in [0.2, 0.25) is 5.96 Å². The molecule has 1 fully saturated rings. The number of guanidine groups is 1. The average molecular weight is 257 g/mol. The SMILES string of the molecule is CCC1(c2[nH]c(/C=N\C(=N)N)c(Cl)c2F)CC1. The van der Waals surface area contributed by atoms with Crippen LogP contribution in [-0.2, 0) is 5.41 Å². The van der Waals surface area contributed by atoms with E-state index in [1.165, 1.54) is 6.21 Å². The second kappa shape index (κ2) is 4.14. The molecule has 17 heavy (non-hydrogen) atoms. The number of nitrogens with zero attached hydrogens (tertiary/aromatic N) is 1. The van der Waals surface area contributed by atoms with E-state index in [2.05, 4.69) is 9.98 Å². The molecular weight excluding hydrogens is 243 g/mol. The van der Waals surface area contributed by atoms with Crippen molar-refractivity contribution in [1.29, 1.82) is 5.41 Å². The number of hydrogen-bond donors (Lipinski definition) is 3. The van der Waals surface area contributed by atoms with Crippen molar-refractivity contribution in [2.75, 3.05) is 0 Å². The molecule has 4 N–H and O–H groups in total. The molecule has 0 bridgehead atoms. The Balaban J connectivity index is 2.38. The first-order chi connectivity index (χ1) is 8.00. The summed E-state index contributed by atoms with van der Waals surface area (Å²) in [6.07, 6.45) is 4.11. The van der Waals surface area contributed by atoms with Crippen molar-refractivity contribution >= 4 is 23.8 Å². The fourth-order valence-electron chi connectivity index (χ4n) is 1.99. The highest BCUT2D eigenvalue weighted by Crippen LogP contribution is 2.52. The highest BCUT2D eigenvalue weighted by molar-refractivity contribution is 6.33. The largest absolute Gasteiger partial charge is 0.368 e. The summed E-state index contributed by atoms with van der Waals surface area (Å²) in [7, 11) is 0. The van der Waals surface area contributed by atoms with E-state index in [0.717, 1.165) is 19.3 Å². The van der Waals surface area contributed by atoms with Crippen LogP contribution in [0.1, 0.15) is 37.6 Å². The maximum absolute atomic E-state index is 14.0. The summed E-state index contributed by atoms with van der Waals surface area (Å²) in [5.41, 5.74) is 5.93. The van der Waals surface area contributed by atoms with E-state index < -0.39 is 5.82 Å². The molecule has 2 rings (SSSR count). The topological polar surface area (TPSA) is 78.0 Å². The van der Waals surface area contributed by atoms with Crippen molar-refractivity contribution in [3.05, 3.63) is 22.2 Å². The summed E-state index contributed by atoms with van der Waals surface area (Å²) in [5.74, 6) is -0.745. The second-order valence-electron chi connectivity index (χ2n) is 4.32. The Morgan fingerprint density at radius 3 is 2.82 bits per heavy atom. The number of aromatic amines is 1. The summed E-state index contributed by atoms with van der Waals surface area (Å²) in [4.78, 5) is 6.54. The zero-order valence-electron chi connectivity index (χ0n) is 9.48. The zero-order chi connectivity index (χ0) is 12.6. The Morgan fingerprint density at radius 2 is 2.35 bits per heavy atom. The Labute approximate surface area is 104 Å². The van der Waals surface area contributed by atoms with E-state index >= 15 is 0 Å². The molecule has 92 valence electrons. The van der Waals surface area contributed by atoms with Gasteiger partial charge in [0.05, 0.1) is 17.6 Å². The van der Waals surface area contributed by atoms with Gasteiger partial charge >= 0.3 is 0 Å². The Morgan fingerprint density at radius 1 is 1.71 bits per heavy atom. The molecule has 0 atom stereocenters. The Bertz CT molecular complexity index is 488. The second-order valence-corrected chi connectivity index (χ2v) is 4.70. The third kappa shape index (κ3) is 2.07. The number of nitrogens with two attached hydrogens (primary N) is 1. The first kappa shape index (κ1) is 12.1. The van der Waals surface area contributed by atoms with Crippen LogP contribution < -0.4 is 5.73 Å². The van der Waals surface area contributed by atoms with E-state index in [0.29, 0.717) is 11.4 Å². The van der Waals surface area contributed by atoms with Crippen LogP contribution in [0.2, 0.25) is 5.02 Å². The lowest BCUT2D eigenvalue weighted by Crippen LogP contribution is -2.07. The zero-order valence-corrected chi connectivity index (χ0v) is 10.2. The van der Waals surface area contributed by atoms with Gasteiger partial charge in [-0.3, -0.25) is 5.41 Å². The van der Waals surface area contributed by atoms with E-state index in [9.17, 15) is 4.39 Å². The van der Waals surface area contributed by atoms with Crippen LogP contribution in [0.15, 0.2) is 4.99 Å². The summed E-state index contributed by atoms with van der Waals surface area (Å²) in [6.45, 7) is 2.03. The third-order valence-electron chi connectivity index (χ3n) is 3.30. The van der Waals surface area contributed by atoms with Crippen molar-refractivity contribution in [3.63, 3.8) is 0 Å². The minimum absolute atomic E-state index is 0.0183. The van der Waals surface area contributed by atoms with Gasteiger partial charge in [-0.1, -0.05) is 18.5 Å². The predicted molar refractivity (Wildman–Crippen MR) is 66.5 cm³/mol. The van der Waals surface area contributed by atoms with Crippen LogP contribution in [0.4, 0.5) is 4.39 Å². The lowest BCUT2D eigenvalue weighted by Gasteiger charge is -2.09. The molecule has 0 aromatic carbocycles. The van der Waals surface area contributed by atoms with E-state index in [1.54, 1.807) is 0 Å². The lowest BCUT2D eigenvalue weighted by molar-refractivity contribution is 0.554. The maximum Gasteiger partial charge on any atom is 0.212 e. The molecule has 1 aliphatic rings. The fourth-order valence-corrected chi connectivity index (χ4v) is 2.18. The number of aliphatic imine (C=N–C) groups is 1. The van der Waals surface area contributed by atoms with Gasteiger partial charge in [-0.25, -0.2) is 9.38 Å². The smallest absolute Gasteiger partial charge is 0.212 e. The van der Waals surface area contributed by atoms with Crippen molar-refractivity contribution in [1.82, 2.24) is 4.98 Å². The molecule has 0 radical (unpaired) electrons. The van der Waals surface area contributed by atoms with Gasteiger partial charge in [-0.2, -0.15) is 0 Å². The van der Waals surface area contributed by atoms with Crippen LogP contribution >= 0.6 is 11.6 Å². The highest BCUT2D eigenvalue weighted by Gasteiger charge is 2.46. The molecule has 0 unspecified atom stereocenters.